The van der Waals surface area contributed by atoms with Crippen LogP contribution in [-0.4, -0.2) is 27.4 Å². The van der Waals surface area contributed by atoms with Crippen LogP contribution in [-0.2, 0) is 11.8 Å². The maximum absolute atomic E-state index is 11.9. The summed E-state index contributed by atoms with van der Waals surface area (Å²) in [5, 5.41) is 16.3. The quantitative estimate of drug-likeness (QED) is 0.820. The number of hydrogen-bond donors (Lipinski definition) is 2. The molecule has 21 heavy (non-hydrogen) atoms. The fourth-order valence-corrected chi connectivity index (χ4v) is 1.98. The van der Waals surface area contributed by atoms with Gasteiger partial charge in [0, 0.05) is 24.4 Å². The smallest absolute Gasteiger partial charge is 0.244 e. The summed E-state index contributed by atoms with van der Waals surface area (Å²) in [4.78, 5) is 11.9. The maximum atomic E-state index is 11.9. The third-order valence-corrected chi connectivity index (χ3v) is 3.39. The van der Waals surface area contributed by atoms with Crippen molar-refractivity contribution >= 4 is 12.0 Å². The van der Waals surface area contributed by atoms with Gasteiger partial charge in [-0.15, -0.1) is 0 Å². The molecule has 1 aromatic carbocycles. The Bertz CT molecular complexity index is 632. The fraction of sp³-hybridized carbons (Fsp3) is 0.250. The van der Waals surface area contributed by atoms with E-state index < -0.39 is 6.04 Å². The Morgan fingerprint density at radius 1 is 1.43 bits per heavy atom. The van der Waals surface area contributed by atoms with Gasteiger partial charge in [-0.3, -0.25) is 9.48 Å². The Balaban J connectivity index is 2.02. The number of benzene rings is 1. The van der Waals surface area contributed by atoms with Gasteiger partial charge in [-0.2, -0.15) is 5.10 Å². The van der Waals surface area contributed by atoms with Gasteiger partial charge in [-0.25, -0.2) is 0 Å². The van der Waals surface area contributed by atoms with Gasteiger partial charge in [0.25, 0.3) is 0 Å². The lowest BCUT2D eigenvalue weighted by Crippen LogP contribution is -2.29. The molecule has 0 aliphatic rings. The summed E-state index contributed by atoms with van der Waals surface area (Å²) >= 11 is 0. The van der Waals surface area contributed by atoms with Crippen LogP contribution in [0.3, 0.4) is 0 Å². The lowest BCUT2D eigenvalue weighted by atomic mass is 10.1. The van der Waals surface area contributed by atoms with Crippen LogP contribution in [0.2, 0.25) is 0 Å². The zero-order valence-corrected chi connectivity index (χ0v) is 12.2. The summed E-state index contributed by atoms with van der Waals surface area (Å²) in [5.41, 5.74) is 2.76. The van der Waals surface area contributed by atoms with Crippen LogP contribution in [0.1, 0.15) is 22.9 Å². The second-order valence-electron chi connectivity index (χ2n) is 4.80. The Labute approximate surface area is 123 Å². The number of carbonyl (C=O) groups is 1. The second-order valence-corrected chi connectivity index (χ2v) is 4.80. The molecule has 110 valence electrons. The summed E-state index contributed by atoms with van der Waals surface area (Å²) in [5.74, 6) is -0.249. The normalized spacial score (nSPS) is 12.5. The third-order valence-electron chi connectivity index (χ3n) is 3.39. The number of aromatic nitrogens is 2. The van der Waals surface area contributed by atoms with Crippen molar-refractivity contribution in [3.05, 3.63) is 59.4 Å². The van der Waals surface area contributed by atoms with E-state index in [4.69, 9.17) is 0 Å². The van der Waals surface area contributed by atoms with Crippen LogP contribution in [0.25, 0.3) is 6.08 Å². The summed E-state index contributed by atoms with van der Waals surface area (Å²) in [6, 6.07) is 8.98. The van der Waals surface area contributed by atoms with Gasteiger partial charge < -0.3 is 10.4 Å². The van der Waals surface area contributed by atoms with E-state index in [1.54, 1.807) is 17.0 Å². The monoisotopic (exact) mass is 285 g/mol. The Kier molecular flexibility index (Phi) is 4.90. The molecule has 1 amide bonds. The van der Waals surface area contributed by atoms with Gasteiger partial charge in [0.2, 0.25) is 5.91 Å². The van der Waals surface area contributed by atoms with E-state index in [0.717, 1.165) is 16.8 Å². The van der Waals surface area contributed by atoms with Gasteiger partial charge in [0.05, 0.1) is 18.8 Å². The molecule has 5 heteroatoms. The van der Waals surface area contributed by atoms with Crippen molar-refractivity contribution in [1.82, 2.24) is 15.1 Å². The highest BCUT2D eigenvalue weighted by Gasteiger charge is 2.11. The average molecular weight is 285 g/mol. The molecule has 0 bridgehead atoms. The molecule has 0 aliphatic heterocycles. The Morgan fingerprint density at radius 3 is 2.71 bits per heavy atom. The maximum Gasteiger partial charge on any atom is 0.244 e. The fourth-order valence-electron chi connectivity index (χ4n) is 1.98. The molecule has 0 radical (unpaired) electrons. The van der Waals surface area contributed by atoms with E-state index in [2.05, 4.69) is 10.4 Å². The first-order valence-electron chi connectivity index (χ1n) is 6.75. The minimum atomic E-state index is -0.404. The number of hydrogen-bond acceptors (Lipinski definition) is 3. The van der Waals surface area contributed by atoms with Crippen molar-refractivity contribution in [3.8, 4) is 0 Å². The molecule has 2 aromatic rings. The molecule has 5 nitrogen and oxygen atoms in total. The molecule has 0 spiro atoms. The van der Waals surface area contributed by atoms with Gasteiger partial charge in [0.1, 0.15) is 0 Å². The third kappa shape index (κ3) is 3.79. The van der Waals surface area contributed by atoms with Crippen LogP contribution in [0.4, 0.5) is 0 Å². The zero-order chi connectivity index (χ0) is 15.2. The molecule has 0 fully saturated rings. The van der Waals surface area contributed by atoms with Crippen molar-refractivity contribution in [1.29, 1.82) is 0 Å². The number of amides is 1. The highest BCUT2D eigenvalue weighted by Crippen LogP contribution is 2.12. The molecule has 1 aromatic heterocycles. The summed E-state index contributed by atoms with van der Waals surface area (Å²) in [6.45, 7) is 1.79. The first-order valence-corrected chi connectivity index (χ1v) is 6.75. The van der Waals surface area contributed by atoms with E-state index in [0.29, 0.717) is 0 Å². The number of aliphatic hydroxyl groups excluding tert-OH is 1. The molecule has 1 atom stereocenters. The van der Waals surface area contributed by atoms with Gasteiger partial charge in [-0.1, -0.05) is 30.3 Å². The predicted molar refractivity (Wildman–Crippen MR) is 81.4 cm³/mol. The number of nitrogens with zero attached hydrogens (tertiary/aromatic N) is 2. The van der Waals surface area contributed by atoms with Crippen LogP contribution in [0.15, 0.2) is 42.6 Å². The van der Waals surface area contributed by atoms with Crippen molar-refractivity contribution in [2.45, 2.75) is 13.0 Å². The van der Waals surface area contributed by atoms with Crippen LogP contribution >= 0.6 is 0 Å². The zero-order valence-electron chi connectivity index (χ0n) is 12.2. The number of nitrogens with one attached hydrogen (secondary N) is 1. The lowest BCUT2D eigenvalue weighted by Gasteiger charge is -2.15. The van der Waals surface area contributed by atoms with Crippen molar-refractivity contribution in [2.75, 3.05) is 6.61 Å². The number of rotatable bonds is 5. The summed E-state index contributed by atoms with van der Waals surface area (Å²) in [6.07, 6.45) is 4.88. The Morgan fingerprint density at radius 2 is 2.14 bits per heavy atom. The molecular weight excluding hydrogens is 266 g/mol. The molecule has 1 unspecified atom stereocenters. The molecule has 2 N–H and O–H groups in total. The molecule has 1 heterocycles. The number of aliphatic hydroxyl groups is 1. The minimum Gasteiger partial charge on any atom is -0.394 e. The van der Waals surface area contributed by atoms with Crippen LogP contribution in [0.5, 0.6) is 0 Å². The standard InChI is InChI=1S/C16H19N3O2/c1-12-14(10-17-19(12)2)8-9-16(21)18-15(11-20)13-6-4-3-5-7-13/h3-10,15,20H,11H2,1-2H3,(H,18,21)/b9-8+. The van der Waals surface area contributed by atoms with Crippen molar-refractivity contribution in [2.24, 2.45) is 7.05 Å². The van der Waals surface area contributed by atoms with Crippen LogP contribution < -0.4 is 5.32 Å². The molecule has 2 rings (SSSR count). The topological polar surface area (TPSA) is 67.2 Å². The second kappa shape index (κ2) is 6.85. The summed E-state index contributed by atoms with van der Waals surface area (Å²) in [7, 11) is 1.85. The Hall–Kier alpha value is -2.40. The largest absolute Gasteiger partial charge is 0.394 e. The lowest BCUT2D eigenvalue weighted by molar-refractivity contribution is -0.117. The van der Waals surface area contributed by atoms with E-state index >= 15 is 0 Å². The van der Waals surface area contributed by atoms with E-state index in [-0.39, 0.29) is 12.5 Å². The van der Waals surface area contributed by atoms with Gasteiger partial charge in [0.15, 0.2) is 0 Å². The predicted octanol–water partition coefficient (Wildman–Crippen LogP) is 1.59. The minimum absolute atomic E-state index is 0.143. The highest BCUT2D eigenvalue weighted by atomic mass is 16.3. The number of carbonyl (C=O) groups excluding carboxylic acids is 1. The SMILES string of the molecule is Cc1c(/C=C/C(=O)NC(CO)c2ccccc2)cnn1C. The molecule has 0 saturated carbocycles. The van der Waals surface area contributed by atoms with Gasteiger partial charge >= 0.3 is 0 Å². The van der Waals surface area contributed by atoms with Crippen molar-refractivity contribution in [3.63, 3.8) is 0 Å². The van der Waals surface area contributed by atoms with Crippen LogP contribution in [0, 0.1) is 6.92 Å². The van der Waals surface area contributed by atoms with Crippen molar-refractivity contribution < 1.29 is 9.90 Å². The average Bonchev–Trinajstić information content (AvgIpc) is 2.83. The first-order chi connectivity index (χ1) is 10.1. The molecule has 0 saturated heterocycles. The van der Waals surface area contributed by atoms with Gasteiger partial charge in [-0.05, 0) is 18.6 Å². The van der Waals surface area contributed by atoms with E-state index in [1.165, 1.54) is 6.08 Å². The molecular formula is C16H19N3O2. The van der Waals surface area contributed by atoms with E-state index in [9.17, 15) is 9.90 Å². The summed E-state index contributed by atoms with van der Waals surface area (Å²) < 4.78 is 1.75. The molecule has 0 aliphatic carbocycles. The van der Waals surface area contributed by atoms with E-state index in [1.807, 2.05) is 44.3 Å². The first kappa shape index (κ1) is 15.0. The highest BCUT2D eigenvalue weighted by molar-refractivity contribution is 5.92. The number of aryl methyl sites for hydroxylation is 1.